The van der Waals surface area contributed by atoms with Gasteiger partial charge < -0.3 is 14.2 Å². The summed E-state index contributed by atoms with van der Waals surface area (Å²) in [6.45, 7) is 2.28. The van der Waals surface area contributed by atoms with Gasteiger partial charge in [-0.15, -0.1) is 0 Å². The number of nitrogens with zero attached hydrogens (tertiary/aromatic N) is 1. The summed E-state index contributed by atoms with van der Waals surface area (Å²) in [6, 6.07) is 11.4. The first kappa shape index (κ1) is 15.9. The lowest BCUT2D eigenvalue weighted by molar-refractivity contribution is -0.129. The molecule has 2 aromatic carbocycles. The molecule has 0 unspecified atom stereocenters. The lowest BCUT2D eigenvalue weighted by atomic mass is 10.1. The molecule has 4 rings (SSSR count). The fraction of sp³-hybridized carbons (Fsp3) is 0.158. The number of carbonyl (C=O) groups is 1. The highest BCUT2D eigenvalue weighted by Crippen LogP contribution is 2.38. The zero-order valence-electron chi connectivity index (χ0n) is 13.4. The van der Waals surface area contributed by atoms with Gasteiger partial charge in [-0.3, -0.25) is 0 Å². The molecule has 0 atom stereocenters. The maximum Gasteiger partial charge on any atom is 0.363 e. The Morgan fingerprint density at radius 3 is 2.60 bits per heavy atom. The van der Waals surface area contributed by atoms with E-state index in [-0.39, 0.29) is 12.5 Å². The molecule has 0 aliphatic carbocycles. The number of benzene rings is 2. The van der Waals surface area contributed by atoms with E-state index in [1.54, 1.807) is 12.1 Å². The number of aryl methyl sites for hydroxylation is 1. The highest BCUT2D eigenvalue weighted by Gasteiger charge is 2.25. The summed E-state index contributed by atoms with van der Waals surface area (Å²) >= 11 is 3.47. The van der Waals surface area contributed by atoms with Crippen LogP contribution in [0.15, 0.2) is 51.6 Å². The molecule has 0 fully saturated rings. The number of aliphatic imine (C=N–C) groups is 1. The van der Waals surface area contributed by atoms with Gasteiger partial charge in [-0.25, -0.2) is 9.79 Å². The van der Waals surface area contributed by atoms with E-state index in [1.807, 2.05) is 30.3 Å². The molecule has 0 radical (unpaired) electrons. The largest absolute Gasteiger partial charge is 0.454 e. The molecule has 0 aromatic heterocycles. The maximum absolute atomic E-state index is 12.2. The van der Waals surface area contributed by atoms with Crippen LogP contribution in [0, 0.1) is 0 Å². The number of rotatable bonds is 3. The second-order valence-corrected chi connectivity index (χ2v) is 6.47. The van der Waals surface area contributed by atoms with Gasteiger partial charge in [-0.05, 0) is 47.9 Å². The van der Waals surface area contributed by atoms with Crippen molar-refractivity contribution in [2.75, 3.05) is 6.79 Å². The van der Waals surface area contributed by atoms with Crippen LogP contribution < -0.4 is 9.47 Å². The molecule has 25 heavy (non-hydrogen) atoms. The van der Waals surface area contributed by atoms with E-state index in [1.165, 1.54) is 5.56 Å². The number of cyclic esters (lactones) is 1. The van der Waals surface area contributed by atoms with Gasteiger partial charge in [-0.1, -0.05) is 35.0 Å². The third-order valence-electron chi connectivity index (χ3n) is 4.01. The van der Waals surface area contributed by atoms with E-state index in [9.17, 15) is 4.79 Å². The van der Waals surface area contributed by atoms with E-state index < -0.39 is 5.97 Å². The van der Waals surface area contributed by atoms with Crippen LogP contribution in [0.2, 0.25) is 0 Å². The minimum absolute atomic E-state index is 0.194. The minimum atomic E-state index is -0.473. The lowest BCUT2D eigenvalue weighted by Crippen LogP contribution is -2.05. The van der Waals surface area contributed by atoms with E-state index in [0.717, 1.165) is 22.0 Å². The van der Waals surface area contributed by atoms with Crippen LogP contribution in [0.5, 0.6) is 11.5 Å². The number of hydrogen-bond donors (Lipinski definition) is 0. The summed E-state index contributed by atoms with van der Waals surface area (Å²) < 4.78 is 16.8. The van der Waals surface area contributed by atoms with Gasteiger partial charge in [0.25, 0.3) is 0 Å². The van der Waals surface area contributed by atoms with Gasteiger partial charge in [0, 0.05) is 10.0 Å². The van der Waals surface area contributed by atoms with E-state index in [4.69, 9.17) is 14.2 Å². The average molecular weight is 400 g/mol. The summed E-state index contributed by atoms with van der Waals surface area (Å²) in [5, 5.41) is 0. The molecule has 5 nitrogen and oxygen atoms in total. The first-order valence-corrected chi connectivity index (χ1v) is 8.64. The molecule has 0 saturated heterocycles. The summed E-state index contributed by atoms with van der Waals surface area (Å²) in [5.74, 6) is 1.15. The molecular formula is C19H14BrNO4. The Morgan fingerprint density at radius 1 is 1.16 bits per heavy atom. The molecule has 6 heteroatoms. The van der Waals surface area contributed by atoms with Crippen molar-refractivity contribution < 1.29 is 19.0 Å². The van der Waals surface area contributed by atoms with Gasteiger partial charge in [0.05, 0.1) is 0 Å². The minimum Gasteiger partial charge on any atom is -0.454 e. The molecule has 2 aliphatic rings. The lowest BCUT2D eigenvalue weighted by Gasteiger charge is -2.02. The van der Waals surface area contributed by atoms with Crippen LogP contribution in [0.25, 0.3) is 6.08 Å². The van der Waals surface area contributed by atoms with Crippen LogP contribution in [0.4, 0.5) is 0 Å². The molecule has 2 aliphatic heterocycles. The molecule has 0 N–H and O–H groups in total. The highest BCUT2D eigenvalue weighted by molar-refractivity contribution is 9.10. The number of fused-ring (bicyclic) bond motifs is 1. The van der Waals surface area contributed by atoms with Crippen molar-refractivity contribution in [1.29, 1.82) is 0 Å². The van der Waals surface area contributed by atoms with Crippen LogP contribution in [0.1, 0.15) is 23.6 Å². The molecule has 126 valence electrons. The Hall–Kier alpha value is -2.60. The van der Waals surface area contributed by atoms with Crippen LogP contribution in [-0.4, -0.2) is 18.7 Å². The second-order valence-electron chi connectivity index (χ2n) is 5.61. The van der Waals surface area contributed by atoms with Crippen LogP contribution in [0.3, 0.4) is 0 Å². The second kappa shape index (κ2) is 6.37. The van der Waals surface area contributed by atoms with Crippen molar-refractivity contribution >= 4 is 33.9 Å². The van der Waals surface area contributed by atoms with E-state index >= 15 is 0 Å². The maximum atomic E-state index is 12.2. The molecule has 0 saturated carbocycles. The molecule has 2 heterocycles. The van der Waals surface area contributed by atoms with Crippen molar-refractivity contribution in [2.45, 2.75) is 13.3 Å². The molecular weight excluding hydrogens is 386 g/mol. The zero-order valence-corrected chi connectivity index (χ0v) is 15.0. The first-order valence-electron chi connectivity index (χ1n) is 7.85. The summed E-state index contributed by atoms with van der Waals surface area (Å²) in [4.78, 5) is 16.5. The molecule has 0 bridgehead atoms. The monoisotopic (exact) mass is 399 g/mol. The van der Waals surface area contributed by atoms with Gasteiger partial charge in [0.15, 0.2) is 17.2 Å². The van der Waals surface area contributed by atoms with E-state index in [0.29, 0.717) is 17.4 Å². The topological polar surface area (TPSA) is 57.1 Å². The Bertz CT molecular complexity index is 916. The van der Waals surface area contributed by atoms with Crippen LogP contribution >= 0.6 is 15.9 Å². The zero-order chi connectivity index (χ0) is 17.4. The molecule has 0 amide bonds. The van der Waals surface area contributed by atoms with Crippen molar-refractivity contribution in [1.82, 2.24) is 0 Å². The van der Waals surface area contributed by atoms with Crippen molar-refractivity contribution in [3.8, 4) is 11.5 Å². The van der Waals surface area contributed by atoms with Crippen molar-refractivity contribution in [3.63, 3.8) is 0 Å². The van der Waals surface area contributed by atoms with Crippen molar-refractivity contribution in [2.24, 2.45) is 4.99 Å². The van der Waals surface area contributed by atoms with Gasteiger partial charge in [0.2, 0.25) is 12.7 Å². The Balaban J connectivity index is 1.67. The quantitative estimate of drug-likeness (QED) is 0.576. The van der Waals surface area contributed by atoms with Crippen LogP contribution in [-0.2, 0) is 16.0 Å². The normalized spacial score (nSPS) is 17.0. The van der Waals surface area contributed by atoms with E-state index in [2.05, 4.69) is 27.8 Å². The number of halogens is 1. The standard InChI is InChI=1S/C19H14BrNO4/c1-2-11-3-5-12(6-4-11)18-21-15(19(22)25-18)7-13-8-16-17(9-14(13)20)24-10-23-16/h3-9H,2,10H2,1H3/b15-7-. The Kier molecular flexibility index (Phi) is 4.05. The van der Waals surface area contributed by atoms with Gasteiger partial charge in [0.1, 0.15) is 0 Å². The summed E-state index contributed by atoms with van der Waals surface area (Å²) in [7, 11) is 0. The van der Waals surface area contributed by atoms with Gasteiger partial charge >= 0.3 is 5.97 Å². The fourth-order valence-electron chi connectivity index (χ4n) is 2.61. The number of esters is 1. The average Bonchev–Trinajstić information content (AvgIpc) is 3.22. The smallest absolute Gasteiger partial charge is 0.363 e. The summed E-state index contributed by atoms with van der Waals surface area (Å²) in [5.41, 5.74) is 3.00. The predicted molar refractivity (Wildman–Crippen MR) is 96.7 cm³/mol. The highest BCUT2D eigenvalue weighted by atomic mass is 79.9. The Morgan fingerprint density at radius 2 is 1.88 bits per heavy atom. The molecule has 0 spiro atoms. The third kappa shape index (κ3) is 3.05. The molecule has 2 aromatic rings. The summed E-state index contributed by atoms with van der Waals surface area (Å²) in [6.07, 6.45) is 2.62. The third-order valence-corrected chi connectivity index (χ3v) is 4.70. The fourth-order valence-corrected chi connectivity index (χ4v) is 3.04. The van der Waals surface area contributed by atoms with Gasteiger partial charge in [-0.2, -0.15) is 0 Å². The Labute approximate surface area is 153 Å². The first-order chi connectivity index (χ1) is 12.1. The number of ether oxygens (including phenoxy) is 3. The predicted octanol–water partition coefficient (Wildman–Crippen LogP) is 4.08. The number of carbonyl (C=O) groups excluding carboxylic acids is 1. The SMILES string of the molecule is CCc1ccc(C2=N/C(=C\c3cc4c(cc3Br)OCO4)C(=O)O2)cc1. The number of hydrogen-bond acceptors (Lipinski definition) is 5. The van der Waals surface area contributed by atoms with Crippen molar-refractivity contribution in [3.05, 3.63) is 63.3 Å².